The highest BCUT2D eigenvalue weighted by Gasteiger charge is 2.20. The number of ether oxygens (including phenoxy) is 2. The molecule has 1 unspecified atom stereocenters. The number of hydrogen-bond acceptors (Lipinski definition) is 5. The summed E-state index contributed by atoms with van der Waals surface area (Å²) in [6, 6.07) is 0. The molecule has 0 spiro atoms. The van der Waals surface area contributed by atoms with Gasteiger partial charge in [0, 0.05) is 25.8 Å². The van der Waals surface area contributed by atoms with Gasteiger partial charge in [0.05, 0.1) is 0 Å². The Kier molecular flexibility index (Phi) is 33.5. The second-order valence-corrected chi connectivity index (χ2v) is 14.8. The molecule has 1 saturated heterocycles. The van der Waals surface area contributed by atoms with Crippen LogP contribution in [-0.4, -0.2) is 49.2 Å². The molecule has 49 heavy (non-hydrogen) atoms. The molecule has 1 heterocycles. The summed E-state index contributed by atoms with van der Waals surface area (Å²) < 4.78 is 11.5. The lowest BCUT2D eigenvalue weighted by atomic mass is 10.1. The average molecular weight is 688 g/mol. The summed E-state index contributed by atoms with van der Waals surface area (Å²) in [5.41, 5.74) is 0. The zero-order valence-electron chi connectivity index (χ0n) is 32.7. The van der Waals surface area contributed by atoms with Crippen molar-refractivity contribution in [2.24, 2.45) is 0 Å². The first kappa shape index (κ1) is 45.4. The normalized spacial score (nSPS) is 14.3. The van der Waals surface area contributed by atoms with E-state index in [1.165, 1.54) is 154 Å². The van der Waals surface area contributed by atoms with Gasteiger partial charge in [-0.05, 0) is 90.1 Å². The van der Waals surface area contributed by atoms with Gasteiger partial charge in [-0.25, -0.2) is 0 Å². The molecule has 286 valence electrons. The van der Waals surface area contributed by atoms with Gasteiger partial charge in [0.25, 0.3) is 0 Å². The molecule has 0 aromatic carbocycles. The van der Waals surface area contributed by atoms with Crippen molar-refractivity contribution in [2.45, 2.75) is 219 Å². The van der Waals surface area contributed by atoms with Gasteiger partial charge in [-0.2, -0.15) is 0 Å². The highest BCUT2D eigenvalue weighted by molar-refractivity contribution is 5.70. The lowest BCUT2D eigenvalue weighted by molar-refractivity contribution is -0.159. The highest BCUT2D eigenvalue weighted by atomic mass is 16.6. The van der Waals surface area contributed by atoms with Crippen LogP contribution in [0, 0.1) is 0 Å². The molecule has 0 radical (unpaired) electrons. The largest absolute Gasteiger partial charge is 0.462 e. The second-order valence-electron chi connectivity index (χ2n) is 14.8. The molecule has 1 fully saturated rings. The van der Waals surface area contributed by atoms with E-state index in [0.29, 0.717) is 12.8 Å². The summed E-state index contributed by atoms with van der Waals surface area (Å²) in [5, 5.41) is 0. The van der Waals surface area contributed by atoms with Crippen LogP contribution in [0.1, 0.15) is 213 Å². The van der Waals surface area contributed by atoms with E-state index in [9.17, 15) is 9.59 Å². The number of unbranched alkanes of at least 4 members (excludes halogenated alkanes) is 22. The number of likely N-dealkylation sites (tertiary alicyclic amines) is 1. The van der Waals surface area contributed by atoms with E-state index in [-0.39, 0.29) is 24.6 Å². The molecule has 0 aromatic heterocycles. The lowest BCUT2D eigenvalue weighted by Crippen LogP contribution is -2.30. The Hall–Kier alpha value is -1.62. The van der Waals surface area contributed by atoms with Crippen LogP contribution in [-0.2, 0) is 19.1 Å². The van der Waals surface area contributed by atoms with Crippen molar-refractivity contribution >= 4 is 11.9 Å². The molecule has 5 heteroatoms. The third-order valence-electron chi connectivity index (χ3n) is 9.98. The molecule has 0 bridgehead atoms. The SMILES string of the molecule is CCCCCCCC/C=C\CCCCCCCC(=O)OCC(CCN1CCCC1)OC(=O)CCCCCCC/C=C\CCCCCCCC. The highest BCUT2D eigenvalue weighted by Crippen LogP contribution is 2.15. The van der Waals surface area contributed by atoms with Gasteiger partial charge in [0.1, 0.15) is 12.7 Å². The van der Waals surface area contributed by atoms with Crippen molar-refractivity contribution in [3.8, 4) is 0 Å². The van der Waals surface area contributed by atoms with Crippen molar-refractivity contribution in [3.63, 3.8) is 0 Å². The van der Waals surface area contributed by atoms with Crippen LogP contribution < -0.4 is 0 Å². The van der Waals surface area contributed by atoms with Gasteiger partial charge in [0.2, 0.25) is 0 Å². The zero-order valence-corrected chi connectivity index (χ0v) is 32.7. The number of rotatable bonds is 36. The molecule has 1 rings (SSSR count). The smallest absolute Gasteiger partial charge is 0.306 e. The third-order valence-corrected chi connectivity index (χ3v) is 9.98. The number of esters is 2. The van der Waals surface area contributed by atoms with E-state index in [1.807, 2.05) is 0 Å². The average Bonchev–Trinajstić information content (AvgIpc) is 3.63. The van der Waals surface area contributed by atoms with Crippen LogP contribution >= 0.6 is 0 Å². The Bertz CT molecular complexity index is 788. The molecule has 0 aromatic rings. The molecule has 1 atom stereocenters. The molecule has 0 N–H and O–H groups in total. The molecule has 1 aliphatic heterocycles. The summed E-state index contributed by atoms with van der Waals surface area (Å²) in [6.07, 6.45) is 45.6. The lowest BCUT2D eigenvalue weighted by Gasteiger charge is -2.21. The van der Waals surface area contributed by atoms with E-state index in [4.69, 9.17) is 9.47 Å². The Balaban J connectivity index is 2.10. The Morgan fingerprint density at radius 1 is 0.531 bits per heavy atom. The zero-order chi connectivity index (χ0) is 35.3. The molecular formula is C44H81NO4. The van der Waals surface area contributed by atoms with E-state index in [2.05, 4.69) is 43.1 Å². The van der Waals surface area contributed by atoms with Gasteiger partial charge in [-0.15, -0.1) is 0 Å². The van der Waals surface area contributed by atoms with Crippen molar-refractivity contribution in [2.75, 3.05) is 26.2 Å². The quantitative estimate of drug-likeness (QED) is 0.0373. The molecule has 1 aliphatic rings. The van der Waals surface area contributed by atoms with E-state index in [1.54, 1.807) is 0 Å². The number of carbonyl (C=O) groups is 2. The van der Waals surface area contributed by atoms with Crippen LogP contribution in [0.3, 0.4) is 0 Å². The van der Waals surface area contributed by atoms with Gasteiger partial charge in [0.15, 0.2) is 0 Å². The maximum atomic E-state index is 12.7. The fraction of sp³-hybridized carbons (Fsp3) is 0.864. The van der Waals surface area contributed by atoms with Gasteiger partial charge >= 0.3 is 11.9 Å². The summed E-state index contributed by atoms with van der Waals surface area (Å²) >= 11 is 0. The number of hydrogen-bond donors (Lipinski definition) is 0. The van der Waals surface area contributed by atoms with Crippen molar-refractivity contribution in [1.29, 1.82) is 0 Å². The maximum absolute atomic E-state index is 12.7. The monoisotopic (exact) mass is 688 g/mol. The minimum atomic E-state index is -0.339. The van der Waals surface area contributed by atoms with Crippen LogP contribution in [0.25, 0.3) is 0 Å². The molecule has 0 saturated carbocycles. The number of nitrogens with zero attached hydrogens (tertiary/aromatic N) is 1. The van der Waals surface area contributed by atoms with Crippen LogP contribution in [0.5, 0.6) is 0 Å². The molecular weight excluding hydrogens is 606 g/mol. The number of carbonyl (C=O) groups excluding carboxylic acids is 2. The summed E-state index contributed by atoms with van der Waals surface area (Å²) in [6.45, 7) is 7.86. The second kappa shape index (κ2) is 36.2. The fourth-order valence-electron chi connectivity index (χ4n) is 6.69. The van der Waals surface area contributed by atoms with E-state index < -0.39 is 0 Å². The Labute approximate surface area is 304 Å². The standard InChI is InChI=1S/C44H81NO4/c1-3-5-7-9-11-13-15-17-19-21-23-25-27-29-31-35-43(46)48-41-42(37-40-45-38-33-34-39-45)49-44(47)36-32-30-28-26-24-22-20-18-16-14-12-10-8-6-4-2/h17-20,42H,3-16,21-41H2,1-2H3/b19-17-,20-18-. The van der Waals surface area contributed by atoms with E-state index >= 15 is 0 Å². The van der Waals surface area contributed by atoms with Gasteiger partial charge < -0.3 is 14.4 Å². The molecule has 0 aliphatic carbocycles. The van der Waals surface area contributed by atoms with Crippen molar-refractivity contribution < 1.29 is 19.1 Å². The molecule has 5 nitrogen and oxygen atoms in total. The maximum Gasteiger partial charge on any atom is 0.306 e. The predicted octanol–water partition coefficient (Wildman–Crippen LogP) is 13.0. The summed E-state index contributed by atoms with van der Waals surface area (Å²) in [5.74, 6) is -0.297. The first-order valence-corrected chi connectivity index (χ1v) is 21.5. The predicted molar refractivity (Wildman–Crippen MR) is 210 cm³/mol. The molecule has 0 amide bonds. The number of allylic oxidation sites excluding steroid dienone is 4. The van der Waals surface area contributed by atoms with E-state index in [0.717, 1.165) is 51.7 Å². The first-order valence-electron chi connectivity index (χ1n) is 21.5. The fourth-order valence-corrected chi connectivity index (χ4v) is 6.69. The Morgan fingerprint density at radius 3 is 1.37 bits per heavy atom. The van der Waals surface area contributed by atoms with Crippen molar-refractivity contribution in [1.82, 2.24) is 4.90 Å². The van der Waals surface area contributed by atoms with Crippen LogP contribution in [0.4, 0.5) is 0 Å². The minimum absolute atomic E-state index is 0.141. The topological polar surface area (TPSA) is 55.8 Å². The van der Waals surface area contributed by atoms with Crippen molar-refractivity contribution in [3.05, 3.63) is 24.3 Å². The Morgan fingerprint density at radius 2 is 0.918 bits per heavy atom. The van der Waals surface area contributed by atoms with Gasteiger partial charge in [-0.1, -0.05) is 141 Å². The van der Waals surface area contributed by atoms with Gasteiger partial charge in [-0.3, -0.25) is 9.59 Å². The third kappa shape index (κ3) is 32.1. The minimum Gasteiger partial charge on any atom is -0.462 e. The summed E-state index contributed by atoms with van der Waals surface area (Å²) in [4.78, 5) is 27.6. The van der Waals surface area contributed by atoms with Crippen LogP contribution in [0.2, 0.25) is 0 Å². The summed E-state index contributed by atoms with van der Waals surface area (Å²) in [7, 11) is 0. The van der Waals surface area contributed by atoms with Crippen LogP contribution in [0.15, 0.2) is 24.3 Å². The first-order chi connectivity index (χ1) is 24.2.